The fourth-order valence-electron chi connectivity index (χ4n) is 3.77. The lowest BCUT2D eigenvalue weighted by Crippen LogP contribution is -2.21. The lowest BCUT2D eigenvalue weighted by Gasteiger charge is -2.26. The van der Waals surface area contributed by atoms with Gasteiger partial charge in [-0.05, 0) is 49.8 Å². The number of fused-ring (bicyclic) bond motifs is 1. The number of carbonyl (C=O) groups excluding carboxylic acids is 1. The molecule has 0 spiro atoms. The molecule has 2 heterocycles. The average Bonchev–Trinajstić information content (AvgIpc) is 3.27. The summed E-state index contributed by atoms with van der Waals surface area (Å²) in [7, 11) is 3.22. The second kappa shape index (κ2) is 9.18. The van der Waals surface area contributed by atoms with Gasteiger partial charge in [0.25, 0.3) is 5.91 Å². The highest BCUT2D eigenvalue weighted by molar-refractivity contribution is 6.11. The number of nitrogens with one attached hydrogen (secondary N) is 1. The lowest BCUT2D eigenvalue weighted by atomic mass is 10.1. The number of methoxy groups -OCH3 is 1. The largest absolute Gasteiger partial charge is 0.497 e. The van der Waals surface area contributed by atoms with Crippen LogP contribution in [0.15, 0.2) is 53.7 Å². The summed E-state index contributed by atoms with van der Waals surface area (Å²) in [6.45, 7) is 4.94. The van der Waals surface area contributed by atoms with E-state index in [9.17, 15) is 4.79 Å². The molecule has 1 amide bonds. The third kappa shape index (κ3) is 4.32. The maximum Gasteiger partial charge on any atom is 0.251 e. The maximum atomic E-state index is 12.3. The van der Waals surface area contributed by atoms with E-state index in [4.69, 9.17) is 9.72 Å². The van der Waals surface area contributed by atoms with E-state index in [-0.39, 0.29) is 11.9 Å². The maximum absolute atomic E-state index is 12.3. The van der Waals surface area contributed by atoms with Crippen molar-refractivity contribution >= 4 is 40.1 Å². The van der Waals surface area contributed by atoms with Crippen LogP contribution in [-0.2, 0) is 0 Å². The Hall–Kier alpha value is -3.74. The predicted molar refractivity (Wildman–Crippen MR) is 129 cm³/mol. The van der Waals surface area contributed by atoms with Gasteiger partial charge in [0.05, 0.1) is 36.1 Å². The van der Waals surface area contributed by atoms with Crippen LogP contribution in [0.3, 0.4) is 0 Å². The number of benzene rings is 2. The van der Waals surface area contributed by atoms with Crippen molar-refractivity contribution in [2.75, 3.05) is 25.6 Å². The molecule has 7 nitrogen and oxygen atoms in total. The lowest BCUT2D eigenvalue weighted by molar-refractivity contribution is 0.0962. The van der Waals surface area contributed by atoms with Crippen molar-refractivity contribution in [3.8, 4) is 5.75 Å². The molecule has 32 heavy (non-hydrogen) atoms. The number of aromatic nitrogens is 2. The summed E-state index contributed by atoms with van der Waals surface area (Å²) < 4.78 is 5.46. The van der Waals surface area contributed by atoms with Gasteiger partial charge in [0.2, 0.25) is 0 Å². The minimum atomic E-state index is -0.156. The monoisotopic (exact) mass is 429 g/mol. The molecular formula is C25H27N5O2. The van der Waals surface area contributed by atoms with E-state index in [0.29, 0.717) is 11.3 Å². The molecule has 1 unspecified atom stereocenters. The molecule has 7 heteroatoms. The summed E-state index contributed by atoms with van der Waals surface area (Å²) >= 11 is 0. The molecule has 4 rings (SSSR count). The smallest absolute Gasteiger partial charge is 0.251 e. The molecule has 1 aliphatic heterocycles. The van der Waals surface area contributed by atoms with E-state index >= 15 is 0 Å². The van der Waals surface area contributed by atoms with Crippen LogP contribution in [0.5, 0.6) is 5.75 Å². The van der Waals surface area contributed by atoms with E-state index in [1.54, 1.807) is 26.4 Å². The number of allylic oxidation sites excluding steroid dienone is 1. The van der Waals surface area contributed by atoms with Crippen molar-refractivity contribution in [1.82, 2.24) is 15.3 Å². The van der Waals surface area contributed by atoms with Crippen LogP contribution in [0.1, 0.15) is 36.3 Å². The van der Waals surface area contributed by atoms with Gasteiger partial charge in [0.15, 0.2) is 0 Å². The number of carbonyl (C=O) groups is 1. The van der Waals surface area contributed by atoms with Crippen LogP contribution in [0, 0.1) is 0 Å². The van der Waals surface area contributed by atoms with Gasteiger partial charge in [-0.1, -0.05) is 6.92 Å². The number of nitrogens with zero attached hydrogens (tertiary/aromatic N) is 4. The van der Waals surface area contributed by atoms with E-state index in [2.05, 4.69) is 33.2 Å². The Labute approximate surface area is 187 Å². The Morgan fingerprint density at radius 3 is 2.69 bits per heavy atom. The minimum absolute atomic E-state index is 0.156. The van der Waals surface area contributed by atoms with Crippen molar-refractivity contribution in [3.63, 3.8) is 0 Å². The summed E-state index contributed by atoms with van der Waals surface area (Å²) in [5.41, 5.74) is 5.85. The van der Waals surface area contributed by atoms with Crippen molar-refractivity contribution in [3.05, 3.63) is 59.9 Å². The van der Waals surface area contributed by atoms with Crippen molar-refractivity contribution < 1.29 is 9.53 Å². The Kier molecular flexibility index (Phi) is 6.16. The first-order valence-electron chi connectivity index (χ1n) is 10.7. The summed E-state index contributed by atoms with van der Waals surface area (Å²) in [5, 5.41) is 2.68. The quantitative estimate of drug-likeness (QED) is 0.602. The van der Waals surface area contributed by atoms with Crippen LogP contribution in [0.2, 0.25) is 0 Å². The van der Waals surface area contributed by atoms with E-state index in [0.717, 1.165) is 46.6 Å². The Balaban J connectivity index is 1.78. The Morgan fingerprint density at radius 1 is 1.16 bits per heavy atom. The van der Waals surface area contributed by atoms with Crippen molar-refractivity contribution in [1.29, 1.82) is 0 Å². The second-order valence-corrected chi connectivity index (χ2v) is 7.72. The molecule has 0 saturated heterocycles. The number of anilines is 2. The van der Waals surface area contributed by atoms with Crippen molar-refractivity contribution in [2.45, 2.75) is 26.3 Å². The molecule has 164 valence electrons. The molecule has 3 aromatic rings. The fourth-order valence-corrected chi connectivity index (χ4v) is 3.77. The van der Waals surface area contributed by atoms with Gasteiger partial charge in [0.1, 0.15) is 5.75 Å². The number of amides is 1. The standard InChI is InChI=1S/C25H27N5O2/c1-5-8-30(20-10-17(25(31)26-3)11-21(12-20)32-4)19-6-7-22-23(13-19)29-24(15-28-22)18-9-16(2)27-14-18/h6-7,9-16H,5,8H2,1-4H3,(H,26,31). The zero-order chi connectivity index (χ0) is 22.7. The first kappa shape index (κ1) is 21.5. The van der Waals surface area contributed by atoms with Crippen LogP contribution in [-0.4, -0.2) is 48.8 Å². The Bertz CT molecular complexity index is 1220. The first-order valence-corrected chi connectivity index (χ1v) is 10.7. The van der Waals surface area contributed by atoms with Gasteiger partial charge >= 0.3 is 0 Å². The number of hydrogen-bond acceptors (Lipinski definition) is 6. The molecular weight excluding hydrogens is 402 g/mol. The summed E-state index contributed by atoms with van der Waals surface area (Å²) in [6, 6.07) is 11.8. The van der Waals surface area contributed by atoms with Crippen LogP contribution in [0.25, 0.3) is 16.6 Å². The van der Waals surface area contributed by atoms with Crippen molar-refractivity contribution in [2.24, 2.45) is 4.99 Å². The van der Waals surface area contributed by atoms with E-state index in [1.165, 1.54) is 0 Å². The molecule has 0 fully saturated rings. The summed E-state index contributed by atoms with van der Waals surface area (Å²) in [4.78, 5) is 28.3. The SMILES string of the molecule is CCCN(c1cc(OC)cc(C(=O)NC)c1)c1ccc2ncc(C3=CC(C)N=C3)nc2c1. The normalized spacial score (nSPS) is 15.0. The predicted octanol–water partition coefficient (Wildman–Crippen LogP) is 4.40. The highest BCUT2D eigenvalue weighted by Gasteiger charge is 2.16. The third-order valence-electron chi connectivity index (χ3n) is 5.38. The zero-order valence-electron chi connectivity index (χ0n) is 18.8. The zero-order valence-corrected chi connectivity index (χ0v) is 18.8. The molecule has 1 atom stereocenters. The molecule has 0 saturated carbocycles. The topological polar surface area (TPSA) is 79.7 Å². The van der Waals surface area contributed by atoms with E-state index < -0.39 is 0 Å². The molecule has 1 aromatic heterocycles. The van der Waals surface area contributed by atoms with Gasteiger partial charge in [-0.3, -0.25) is 14.8 Å². The highest BCUT2D eigenvalue weighted by Crippen LogP contribution is 2.32. The number of ether oxygens (including phenoxy) is 1. The van der Waals surface area contributed by atoms with Crippen LogP contribution in [0.4, 0.5) is 11.4 Å². The average molecular weight is 430 g/mol. The second-order valence-electron chi connectivity index (χ2n) is 7.72. The molecule has 1 N–H and O–H groups in total. The van der Waals surface area contributed by atoms with Gasteiger partial charge in [-0.2, -0.15) is 0 Å². The molecule has 0 bridgehead atoms. The number of hydrogen-bond donors (Lipinski definition) is 1. The highest BCUT2D eigenvalue weighted by atomic mass is 16.5. The molecule has 2 aromatic carbocycles. The fraction of sp³-hybridized carbons (Fsp3) is 0.280. The molecule has 0 radical (unpaired) electrons. The third-order valence-corrected chi connectivity index (χ3v) is 5.38. The van der Waals surface area contributed by atoms with Gasteiger partial charge in [-0.25, -0.2) is 4.98 Å². The van der Waals surface area contributed by atoms with Gasteiger partial charge in [0, 0.05) is 48.4 Å². The molecule has 0 aliphatic carbocycles. The first-order chi connectivity index (χ1) is 15.5. The number of rotatable bonds is 7. The number of aliphatic imine (C=N–C) groups is 1. The van der Waals surface area contributed by atoms with E-state index in [1.807, 2.05) is 43.5 Å². The van der Waals surface area contributed by atoms with Gasteiger partial charge in [-0.15, -0.1) is 0 Å². The Morgan fingerprint density at radius 2 is 2.00 bits per heavy atom. The minimum Gasteiger partial charge on any atom is -0.497 e. The van der Waals surface area contributed by atoms with Crippen LogP contribution >= 0.6 is 0 Å². The van der Waals surface area contributed by atoms with Gasteiger partial charge < -0.3 is 15.0 Å². The van der Waals surface area contributed by atoms with Crippen LogP contribution < -0.4 is 15.0 Å². The summed E-state index contributed by atoms with van der Waals surface area (Å²) in [5.74, 6) is 0.475. The molecule has 1 aliphatic rings. The summed E-state index contributed by atoms with van der Waals surface area (Å²) in [6.07, 6.45) is 6.65.